The third-order valence-corrected chi connectivity index (χ3v) is 4.31. The summed E-state index contributed by atoms with van der Waals surface area (Å²) in [5.74, 6) is -0.502. The van der Waals surface area contributed by atoms with E-state index in [1.54, 1.807) is 42.6 Å². The summed E-state index contributed by atoms with van der Waals surface area (Å²) >= 11 is 5.86. The molecule has 0 saturated heterocycles. The van der Waals surface area contributed by atoms with E-state index >= 15 is 0 Å². The van der Waals surface area contributed by atoms with Crippen LogP contribution in [0, 0.1) is 6.92 Å². The van der Waals surface area contributed by atoms with Crippen molar-refractivity contribution in [1.29, 1.82) is 0 Å². The van der Waals surface area contributed by atoms with E-state index in [1.165, 1.54) is 10.5 Å². The van der Waals surface area contributed by atoms with Gasteiger partial charge >= 0.3 is 5.97 Å². The lowest BCUT2D eigenvalue weighted by Gasteiger charge is -2.07. The minimum atomic E-state index is -0.502. The molecule has 4 aromatic rings. The van der Waals surface area contributed by atoms with Gasteiger partial charge in [-0.3, -0.25) is 9.20 Å². The first-order valence-corrected chi connectivity index (χ1v) is 8.60. The highest BCUT2D eigenvalue weighted by molar-refractivity contribution is 6.29. The molecule has 0 amide bonds. The van der Waals surface area contributed by atoms with E-state index in [4.69, 9.17) is 16.3 Å². The molecule has 0 saturated carbocycles. The molecule has 3 aromatic heterocycles. The van der Waals surface area contributed by atoms with Gasteiger partial charge in [0.05, 0.1) is 16.8 Å². The summed E-state index contributed by atoms with van der Waals surface area (Å²) in [5.41, 5.74) is 2.72. The van der Waals surface area contributed by atoms with Gasteiger partial charge < -0.3 is 4.74 Å². The minimum absolute atomic E-state index is 0.0879. The third-order valence-electron chi connectivity index (χ3n) is 4.10. The van der Waals surface area contributed by atoms with Crippen molar-refractivity contribution in [2.45, 2.75) is 13.5 Å². The molecule has 0 N–H and O–H groups in total. The largest absolute Gasteiger partial charge is 0.456 e. The first-order valence-electron chi connectivity index (χ1n) is 8.22. The monoisotopic (exact) mass is 379 g/mol. The van der Waals surface area contributed by atoms with Crippen LogP contribution in [0.4, 0.5) is 0 Å². The first kappa shape index (κ1) is 17.2. The van der Waals surface area contributed by atoms with Gasteiger partial charge in [-0.05, 0) is 48.9 Å². The average Bonchev–Trinajstić information content (AvgIpc) is 2.66. The molecule has 134 valence electrons. The Morgan fingerprint density at radius 3 is 2.81 bits per heavy atom. The molecule has 0 aliphatic rings. The number of benzene rings is 1. The summed E-state index contributed by atoms with van der Waals surface area (Å²) in [4.78, 5) is 33.1. The topological polar surface area (TPSA) is 73.6 Å². The predicted octanol–water partition coefficient (Wildman–Crippen LogP) is 3.56. The number of carbonyl (C=O) groups is 1. The summed E-state index contributed by atoms with van der Waals surface area (Å²) in [5, 5.41) is 1.17. The maximum absolute atomic E-state index is 12.3. The number of rotatable bonds is 3. The molecule has 1 aromatic carbocycles. The van der Waals surface area contributed by atoms with E-state index in [9.17, 15) is 9.59 Å². The minimum Gasteiger partial charge on any atom is -0.456 e. The Labute approximate surface area is 159 Å². The van der Waals surface area contributed by atoms with E-state index in [0.29, 0.717) is 27.6 Å². The highest BCUT2D eigenvalue weighted by atomic mass is 35.5. The smallest absolute Gasteiger partial charge is 0.338 e. The molecule has 7 heteroatoms. The summed E-state index contributed by atoms with van der Waals surface area (Å²) in [6.45, 7) is 1.81. The zero-order valence-electron chi connectivity index (χ0n) is 14.3. The molecule has 0 atom stereocenters. The van der Waals surface area contributed by atoms with Crippen LogP contribution in [0.1, 0.15) is 21.6 Å². The number of hydrogen-bond acceptors (Lipinski definition) is 5. The lowest BCUT2D eigenvalue weighted by atomic mass is 10.1. The number of pyridine rings is 2. The van der Waals surface area contributed by atoms with Crippen LogP contribution in [0.5, 0.6) is 0 Å². The zero-order chi connectivity index (χ0) is 19.0. The van der Waals surface area contributed by atoms with E-state index in [1.807, 2.05) is 13.0 Å². The van der Waals surface area contributed by atoms with Crippen LogP contribution < -0.4 is 5.56 Å². The molecule has 0 bridgehead atoms. The SMILES string of the molecule is Cc1ccc2nc(COC(=O)c3ccc4nc(Cl)ccc4c3)cc(=O)n2c1. The summed E-state index contributed by atoms with van der Waals surface area (Å²) in [6, 6.07) is 13.5. The molecule has 6 nitrogen and oxygen atoms in total. The van der Waals surface area contributed by atoms with Crippen molar-refractivity contribution >= 4 is 34.1 Å². The number of aromatic nitrogens is 3. The number of aryl methyl sites for hydroxylation is 1. The highest BCUT2D eigenvalue weighted by Crippen LogP contribution is 2.18. The van der Waals surface area contributed by atoms with Gasteiger partial charge in [-0.2, -0.15) is 0 Å². The second-order valence-electron chi connectivity index (χ2n) is 6.14. The number of fused-ring (bicyclic) bond motifs is 2. The molecule has 4 rings (SSSR count). The zero-order valence-corrected chi connectivity index (χ0v) is 15.1. The van der Waals surface area contributed by atoms with E-state index in [0.717, 1.165) is 10.9 Å². The van der Waals surface area contributed by atoms with Crippen LogP contribution in [-0.2, 0) is 11.3 Å². The van der Waals surface area contributed by atoms with Crippen LogP contribution in [0.3, 0.4) is 0 Å². The predicted molar refractivity (Wildman–Crippen MR) is 102 cm³/mol. The fraction of sp³-hybridized carbons (Fsp3) is 0.100. The van der Waals surface area contributed by atoms with Crippen molar-refractivity contribution in [1.82, 2.24) is 14.4 Å². The molecule has 0 spiro atoms. The van der Waals surface area contributed by atoms with Gasteiger partial charge in [0.25, 0.3) is 5.56 Å². The molecule has 0 aliphatic heterocycles. The Hall–Kier alpha value is -3.25. The third kappa shape index (κ3) is 3.52. The van der Waals surface area contributed by atoms with Crippen LogP contribution in [0.15, 0.2) is 59.5 Å². The number of esters is 1. The van der Waals surface area contributed by atoms with Crippen LogP contribution in [-0.4, -0.2) is 20.3 Å². The molecule has 3 heterocycles. The van der Waals surface area contributed by atoms with Gasteiger partial charge in [-0.1, -0.05) is 17.7 Å². The number of hydrogen-bond donors (Lipinski definition) is 0. The molecular weight excluding hydrogens is 366 g/mol. The van der Waals surface area contributed by atoms with Crippen LogP contribution in [0.2, 0.25) is 5.15 Å². The molecule has 0 fully saturated rings. The Morgan fingerprint density at radius 2 is 1.96 bits per heavy atom. The lowest BCUT2D eigenvalue weighted by Crippen LogP contribution is -2.17. The van der Waals surface area contributed by atoms with E-state index < -0.39 is 5.97 Å². The van der Waals surface area contributed by atoms with Gasteiger partial charge in [0, 0.05) is 17.6 Å². The quantitative estimate of drug-likeness (QED) is 0.402. The van der Waals surface area contributed by atoms with Crippen molar-refractivity contribution in [2.75, 3.05) is 0 Å². The van der Waals surface area contributed by atoms with Crippen LogP contribution in [0.25, 0.3) is 16.6 Å². The average molecular weight is 380 g/mol. The Bertz CT molecular complexity index is 1250. The fourth-order valence-corrected chi connectivity index (χ4v) is 2.94. The Morgan fingerprint density at radius 1 is 1.11 bits per heavy atom. The number of nitrogens with zero attached hydrogens (tertiary/aromatic N) is 3. The van der Waals surface area contributed by atoms with Crippen molar-refractivity contribution in [3.8, 4) is 0 Å². The molecule has 0 radical (unpaired) electrons. The summed E-state index contributed by atoms with van der Waals surface area (Å²) in [7, 11) is 0. The molecular formula is C20H14ClN3O3. The van der Waals surface area contributed by atoms with Gasteiger partial charge in [0.15, 0.2) is 0 Å². The summed E-state index contributed by atoms with van der Waals surface area (Å²) in [6.07, 6.45) is 1.72. The van der Waals surface area contributed by atoms with Gasteiger partial charge in [-0.15, -0.1) is 0 Å². The van der Waals surface area contributed by atoms with Gasteiger partial charge in [0.1, 0.15) is 17.4 Å². The summed E-state index contributed by atoms with van der Waals surface area (Å²) < 4.78 is 6.78. The normalized spacial score (nSPS) is 11.0. The second-order valence-corrected chi connectivity index (χ2v) is 6.53. The Balaban J connectivity index is 1.55. The Kier molecular flexibility index (Phi) is 4.33. The van der Waals surface area contributed by atoms with Crippen LogP contribution >= 0.6 is 11.6 Å². The molecule has 27 heavy (non-hydrogen) atoms. The highest BCUT2D eigenvalue weighted by Gasteiger charge is 2.11. The first-order chi connectivity index (χ1) is 13.0. The van der Waals surface area contributed by atoms with E-state index in [2.05, 4.69) is 9.97 Å². The van der Waals surface area contributed by atoms with Crippen molar-refractivity contribution < 1.29 is 9.53 Å². The number of halogens is 1. The van der Waals surface area contributed by atoms with Crippen molar-refractivity contribution in [3.05, 3.63) is 87.1 Å². The maximum atomic E-state index is 12.3. The van der Waals surface area contributed by atoms with E-state index in [-0.39, 0.29) is 12.2 Å². The second kappa shape index (κ2) is 6.81. The van der Waals surface area contributed by atoms with Crippen molar-refractivity contribution in [2.24, 2.45) is 0 Å². The maximum Gasteiger partial charge on any atom is 0.338 e. The van der Waals surface area contributed by atoms with Gasteiger partial charge in [0.2, 0.25) is 0 Å². The fourth-order valence-electron chi connectivity index (χ4n) is 2.78. The number of ether oxygens (including phenoxy) is 1. The van der Waals surface area contributed by atoms with Gasteiger partial charge in [-0.25, -0.2) is 14.8 Å². The number of carbonyl (C=O) groups excluding carboxylic acids is 1. The standard InChI is InChI=1S/C20H14ClN3O3/c1-12-2-7-18-22-15(9-19(25)24(18)10-12)11-27-20(26)14-3-5-16-13(8-14)4-6-17(21)23-16/h2-10H,11H2,1H3. The lowest BCUT2D eigenvalue weighted by molar-refractivity contribution is 0.0468. The molecule has 0 aliphatic carbocycles. The van der Waals surface area contributed by atoms with Crippen molar-refractivity contribution in [3.63, 3.8) is 0 Å². The molecule has 0 unspecified atom stereocenters.